The number of hydrogen-bond donors (Lipinski definition) is 1. The van der Waals surface area contributed by atoms with Crippen molar-refractivity contribution in [1.82, 2.24) is 20.4 Å². The van der Waals surface area contributed by atoms with Crippen molar-refractivity contribution in [3.05, 3.63) is 59.6 Å². The first-order valence-corrected chi connectivity index (χ1v) is 7.50. The zero-order valence-electron chi connectivity index (χ0n) is 12.5. The van der Waals surface area contributed by atoms with Crippen molar-refractivity contribution in [2.75, 3.05) is 13.2 Å². The van der Waals surface area contributed by atoms with Gasteiger partial charge in [0.15, 0.2) is 11.5 Å². The van der Waals surface area contributed by atoms with Crippen molar-refractivity contribution < 1.29 is 14.1 Å². The number of halogens is 1. The van der Waals surface area contributed by atoms with Crippen molar-refractivity contribution in [2.45, 2.75) is 0 Å². The summed E-state index contributed by atoms with van der Waals surface area (Å²) in [5.41, 5.74) is 0.944. The Labute approximate surface area is 142 Å². The van der Waals surface area contributed by atoms with Crippen LogP contribution in [0.15, 0.2) is 53.4 Å². The number of aromatic nitrogens is 3. The molecular formula is C16H13ClN4O3. The van der Waals surface area contributed by atoms with Gasteiger partial charge >= 0.3 is 0 Å². The molecule has 24 heavy (non-hydrogen) atoms. The van der Waals surface area contributed by atoms with Crippen LogP contribution in [0.1, 0.15) is 10.5 Å². The summed E-state index contributed by atoms with van der Waals surface area (Å²) in [4.78, 5) is 20.0. The van der Waals surface area contributed by atoms with Crippen LogP contribution in [0.3, 0.4) is 0 Å². The molecule has 0 saturated heterocycles. The van der Waals surface area contributed by atoms with E-state index in [0.29, 0.717) is 23.2 Å². The van der Waals surface area contributed by atoms with Crippen LogP contribution in [-0.4, -0.2) is 34.2 Å². The molecule has 0 spiro atoms. The number of hydrogen-bond acceptors (Lipinski definition) is 6. The van der Waals surface area contributed by atoms with E-state index in [9.17, 15) is 4.79 Å². The summed E-state index contributed by atoms with van der Waals surface area (Å²) in [7, 11) is 0. The van der Waals surface area contributed by atoms with E-state index in [2.05, 4.69) is 20.4 Å². The molecule has 7 nitrogen and oxygen atoms in total. The molecule has 0 aromatic carbocycles. The Balaban J connectivity index is 1.49. The molecule has 3 rings (SSSR count). The second-order valence-electron chi connectivity index (χ2n) is 4.74. The molecule has 0 radical (unpaired) electrons. The lowest BCUT2D eigenvalue weighted by molar-refractivity contribution is 0.0937. The van der Waals surface area contributed by atoms with Crippen molar-refractivity contribution >= 4 is 17.5 Å². The van der Waals surface area contributed by atoms with E-state index in [1.807, 2.05) is 6.07 Å². The van der Waals surface area contributed by atoms with Crippen LogP contribution >= 0.6 is 11.6 Å². The topological polar surface area (TPSA) is 90.1 Å². The van der Waals surface area contributed by atoms with Crippen molar-refractivity contribution in [3.8, 4) is 17.2 Å². The zero-order chi connectivity index (χ0) is 16.8. The Kier molecular flexibility index (Phi) is 5.02. The molecule has 0 atom stereocenters. The number of carbonyl (C=O) groups is 1. The van der Waals surface area contributed by atoms with Gasteiger partial charge in [-0.05, 0) is 18.2 Å². The lowest BCUT2D eigenvalue weighted by atomic mass is 10.2. The Morgan fingerprint density at radius 1 is 1.29 bits per heavy atom. The smallest absolute Gasteiger partial charge is 0.273 e. The highest BCUT2D eigenvalue weighted by Gasteiger charge is 2.13. The number of amides is 1. The first-order chi connectivity index (χ1) is 11.7. The van der Waals surface area contributed by atoms with E-state index >= 15 is 0 Å². The Hall–Kier alpha value is -2.93. The van der Waals surface area contributed by atoms with Crippen LogP contribution in [0.2, 0.25) is 5.02 Å². The van der Waals surface area contributed by atoms with Crippen LogP contribution in [-0.2, 0) is 0 Å². The van der Waals surface area contributed by atoms with E-state index in [-0.39, 0.29) is 18.2 Å². The third-order valence-corrected chi connectivity index (χ3v) is 3.25. The molecule has 8 heteroatoms. The van der Waals surface area contributed by atoms with Gasteiger partial charge in [0.1, 0.15) is 6.61 Å². The van der Waals surface area contributed by atoms with Gasteiger partial charge in [0, 0.05) is 36.3 Å². The van der Waals surface area contributed by atoms with Gasteiger partial charge in [-0.3, -0.25) is 9.78 Å². The molecule has 3 aromatic heterocycles. The maximum Gasteiger partial charge on any atom is 0.273 e. The van der Waals surface area contributed by atoms with Gasteiger partial charge in [0.05, 0.1) is 11.6 Å². The van der Waals surface area contributed by atoms with Gasteiger partial charge in [-0.2, -0.15) is 0 Å². The van der Waals surface area contributed by atoms with Crippen molar-refractivity contribution in [3.63, 3.8) is 0 Å². The highest BCUT2D eigenvalue weighted by Crippen LogP contribution is 2.18. The van der Waals surface area contributed by atoms with Crippen LogP contribution in [0, 0.1) is 0 Å². The monoisotopic (exact) mass is 344 g/mol. The van der Waals surface area contributed by atoms with Gasteiger partial charge in [0.2, 0.25) is 5.88 Å². The van der Waals surface area contributed by atoms with Gasteiger partial charge in [-0.25, -0.2) is 4.98 Å². The molecule has 0 fully saturated rings. The summed E-state index contributed by atoms with van der Waals surface area (Å²) >= 11 is 5.73. The molecule has 0 bridgehead atoms. The fraction of sp³-hybridized carbons (Fsp3) is 0.125. The van der Waals surface area contributed by atoms with Crippen LogP contribution in [0.4, 0.5) is 0 Å². The van der Waals surface area contributed by atoms with Gasteiger partial charge in [0.25, 0.3) is 5.91 Å². The zero-order valence-corrected chi connectivity index (χ0v) is 13.2. The van der Waals surface area contributed by atoms with Crippen molar-refractivity contribution in [1.29, 1.82) is 0 Å². The van der Waals surface area contributed by atoms with Crippen LogP contribution in [0.25, 0.3) is 11.3 Å². The summed E-state index contributed by atoms with van der Waals surface area (Å²) in [5, 5.41) is 6.98. The first kappa shape index (κ1) is 15.9. The van der Waals surface area contributed by atoms with Crippen LogP contribution < -0.4 is 10.1 Å². The molecule has 0 aliphatic heterocycles. The van der Waals surface area contributed by atoms with Gasteiger partial charge in [-0.15, -0.1) is 0 Å². The number of rotatable bonds is 6. The summed E-state index contributed by atoms with van der Waals surface area (Å²) in [6, 6.07) is 8.50. The fourth-order valence-electron chi connectivity index (χ4n) is 1.89. The van der Waals surface area contributed by atoms with Gasteiger partial charge < -0.3 is 14.6 Å². The highest BCUT2D eigenvalue weighted by atomic mass is 35.5. The molecule has 3 aromatic rings. The second kappa shape index (κ2) is 7.56. The van der Waals surface area contributed by atoms with E-state index in [1.54, 1.807) is 36.7 Å². The quantitative estimate of drug-likeness (QED) is 0.691. The molecule has 122 valence electrons. The summed E-state index contributed by atoms with van der Waals surface area (Å²) in [6.07, 6.45) is 4.78. The first-order valence-electron chi connectivity index (χ1n) is 7.12. The Morgan fingerprint density at radius 2 is 2.21 bits per heavy atom. The number of ether oxygens (including phenoxy) is 1. The largest absolute Gasteiger partial charge is 0.476 e. The Morgan fingerprint density at radius 3 is 2.96 bits per heavy atom. The predicted molar refractivity (Wildman–Crippen MR) is 86.8 cm³/mol. The van der Waals surface area contributed by atoms with Crippen LogP contribution in [0.5, 0.6) is 5.88 Å². The molecule has 0 saturated carbocycles. The SMILES string of the molecule is O=C(NCCOc1ccc(Cl)cn1)c1cc(-c2cccnc2)on1. The number of pyridine rings is 2. The number of nitrogens with zero attached hydrogens (tertiary/aromatic N) is 3. The Bertz CT molecular complexity index is 806. The van der Waals surface area contributed by atoms with E-state index in [0.717, 1.165) is 5.56 Å². The fourth-order valence-corrected chi connectivity index (χ4v) is 2.00. The molecule has 0 unspecified atom stereocenters. The molecule has 0 aliphatic rings. The summed E-state index contributed by atoms with van der Waals surface area (Å²) in [6.45, 7) is 0.575. The summed E-state index contributed by atoms with van der Waals surface area (Å²) < 4.78 is 10.5. The lowest BCUT2D eigenvalue weighted by Crippen LogP contribution is -2.28. The number of nitrogens with one attached hydrogen (secondary N) is 1. The minimum absolute atomic E-state index is 0.193. The maximum atomic E-state index is 12.0. The van der Waals surface area contributed by atoms with Gasteiger partial charge in [-0.1, -0.05) is 16.8 Å². The van der Waals surface area contributed by atoms with E-state index < -0.39 is 0 Å². The molecule has 0 aliphatic carbocycles. The predicted octanol–water partition coefficient (Wildman–Crippen LogP) is 2.59. The maximum absolute atomic E-state index is 12.0. The average molecular weight is 345 g/mol. The lowest BCUT2D eigenvalue weighted by Gasteiger charge is -2.05. The standard InChI is InChI=1S/C16H13ClN4O3/c17-12-3-4-15(20-10-12)23-7-6-19-16(22)13-8-14(24-21-13)11-2-1-5-18-9-11/h1-5,8-10H,6-7H2,(H,19,22). The number of carbonyl (C=O) groups excluding carboxylic acids is 1. The minimum Gasteiger partial charge on any atom is -0.476 e. The molecular weight excluding hydrogens is 332 g/mol. The average Bonchev–Trinajstić information content (AvgIpc) is 3.11. The highest BCUT2D eigenvalue weighted by molar-refractivity contribution is 6.30. The second-order valence-corrected chi connectivity index (χ2v) is 5.17. The van der Waals surface area contributed by atoms with E-state index in [1.165, 1.54) is 6.20 Å². The summed E-state index contributed by atoms with van der Waals surface area (Å²) in [5.74, 6) is 0.574. The molecule has 3 heterocycles. The molecule has 1 amide bonds. The van der Waals surface area contributed by atoms with E-state index in [4.69, 9.17) is 20.9 Å². The normalized spacial score (nSPS) is 10.4. The van der Waals surface area contributed by atoms with Crippen molar-refractivity contribution in [2.24, 2.45) is 0 Å². The third-order valence-electron chi connectivity index (χ3n) is 3.03. The molecule has 1 N–H and O–H groups in total. The third kappa shape index (κ3) is 4.08. The minimum atomic E-state index is -0.346.